The number of nitrogens with one attached hydrogen (secondary N) is 2. The Morgan fingerprint density at radius 1 is 0.815 bits per heavy atom. The number of hydrogen-bond donors (Lipinski definition) is 2. The summed E-state index contributed by atoms with van der Waals surface area (Å²) in [5, 5.41) is 8.34. The van der Waals surface area contributed by atoms with Gasteiger partial charge in [-0.1, -0.05) is 66.4 Å². The smallest absolute Gasteiger partial charge is 0.264 e. The third-order valence-electron chi connectivity index (χ3n) is 12.3. The first kappa shape index (κ1) is 43.0. The van der Waals surface area contributed by atoms with Crippen molar-refractivity contribution in [1.29, 1.82) is 0 Å². The maximum atomic E-state index is 13.8. The molecule has 15 heteroatoms. The molecule has 328 valence electrons. The van der Waals surface area contributed by atoms with Gasteiger partial charge in [-0.2, -0.15) is 0 Å². The average Bonchev–Trinajstić information content (AvgIpc) is 4.02. The summed E-state index contributed by atoms with van der Waals surface area (Å²) in [6.45, 7) is 4.16. The van der Waals surface area contributed by atoms with Crippen LogP contribution in [0.15, 0.2) is 103 Å². The molecule has 1 aliphatic carbocycles. The van der Waals surface area contributed by atoms with E-state index in [2.05, 4.69) is 44.5 Å². The molecule has 4 heterocycles. The van der Waals surface area contributed by atoms with Crippen LogP contribution < -0.4 is 10.6 Å². The summed E-state index contributed by atoms with van der Waals surface area (Å²) in [6.07, 6.45) is 2.52. The molecule has 1 saturated carbocycles. The molecule has 0 radical (unpaired) electrons. The number of piperazine rings is 1. The molecular formula is C50H45N7O7S. The highest BCUT2D eigenvalue weighted by atomic mass is 32.1. The monoisotopic (exact) mass is 887 g/mol. The van der Waals surface area contributed by atoms with Crippen LogP contribution >= 0.6 is 11.3 Å². The molecule has 2 unspecified atom stereocenters. The van der Waals surface area contributed by atoms with E-state index in [0.717, 1.165) is 41.2 Å². The summed E-state index contributed by atoms with van der Waals surface area (Å²) < 4.78 is 0. The first-order valence-electron chi connectivity index (χ1n) is 21.7. The SMILES string of the molecule is O=C1CCC(N2C(=O)c3cccc(NCCCC(=O)N4CCN(Cc5ccc(C#Cc6ccc7c(c6)C(=O)N(C(C(=O)Nc6nccs6)c6ccccc6)C7)cc5)CC4)c3C2=O)C(=O)C1. The van der Waals surface area contributed by atoms with Gasteiger partial charge in [0.15, 0.2) is 10.9 Å². The van der Waals surface area contributed by atoms with Crippen molar-refractivity contribution in [2.24, 2.45) is 0 Å². The fourth-order valence-electron chi connectivity index (χ4n) is 8.92. The maximum Gasteiger partial charge on any atom is 0.264 e. The number of amides is 5. The number of nitrogens with zero attached hydrogens (tertiary/aromatic N) is 5. The number of fused-ring (bicyclic) bond motifs is 2. The third kappa shape index (κ3) is 9.22. The Morgan fingerprint density at radius 2 is 1.58 bits per heavy atom. The molecule has 4 aromatic carbocycles. The molecule has 65 heavy (non-hydrogen) atoms. The van der Waals surface area contributed by atoms with Gasteiger partial charge in [-0.3, -0.25) is 48.7 Å². The van der Waals surface area contributed by atoms with Crippen molar-refractivity contribution in [2.75, 3.05) is 43.4 Å². The number of ketones is 2. The maximum absolute atomic E-state index is 13.8. The zero-order chi connectivity index (χ0) is 45.0. The van der Waals surface area contributed by atoms with E-state index in [1.165, 1.54) is 11.3 Å². The normalized spacial score (nSPS) is 17.7. The van der Waals surface area contributed by atoms with Crippen LogP contribution in [0.25, 0.3) is 0 Å². The summed E-state index contributed by atoms with van der Waals surface area (Å²) in [6, 6.07) is 26.2. The zero-order valence-electron chi connectivity index (χ0n) is 35.5. The third-order valence-corrected chi connectivity index (χ3v) is 13.0. The summed E-state index contributed by atoms with van der Waals surface area (Å²) in [4.78, 5) is 102. The minimum Gasteiger partial charge on any atom is -0.384 e. The largest absolute Gasteiger partial charge is 0.384 e. The Labute approximate surface area is 379 Å². The second kappa shape index (κ2) is 18.8. The van der Waals surface area contributed by atoms with E-state index >= 15 is 0 Å². The Balaban J connectivity index is 0.732. The zero-order valence-corrected chi connectivity index (χ0v) is 36.3. The predicted octanol–water partition coefficient (Wildman–Crippen LogP) is 5.70. The van der Waals surface area contributed by atoms with Crippen LogP contribution in [0.1, 0.15) is 97.0 Å². The number of carbonyl (C=O) groups excluding carboxylic acids is 7. The van der Waals surface area contributed by atoms with E-state index in [0.29, 0.717) is 66.5 Å². The highest BCUT2D eigenvalue weighted by molar-refractivity contribution is 7.13. The standard InChI is InChI=1S/C50H45N7O7S/c58-37-19-20-41(42(59)29-37)57-48(63)38-8-4-9-40(44(38)49(57)64)51-21-5-10-43(60)55-25-23-54(24-26-55)30-34-15-12-32(13-16-34)11-14-33-17-18-36-31-56(47(62)39(36)28-33)45(35-6-2-1-3-7-35)46(61)53-50-52-22-27-65-50/h1-4,6-9,12-13,15-18,22,27-28,41,45,51H,5,10,19-21,23-26,29-31H2,(H,52,53,61). The predicted molar refractivity (Wildman–Crippen MR) is 243 cm³/mol. The lowest BCUT2D eigenvalue weighted by molar-refractivity contribution is -0.133. The summed E-state index contributed by atoms with van der Waals surface area (Å²) in [5.41, 5.74) is 5.68. The molecule has 3 aliphatic heterocycles. The van der Waals surface area contributed by atoms with Gasteiger partial charge in [-0.25, -0.2) is 4.98 Å². The number of imide groups is 1. The van der Waals surface area contributed by atoms with Gasteiger partial charge in [0, 0.05) is 92.6 Å². The molecule has 5 amide bonds. The first-order valence-corrected chi connectivity index (χ1v) is 22.6. The summed E-state index contributed by atoms with van der Waals surface area (Å²) in [5.74, 6) is 4.29. The number of aromatic nitrogens is 1. The molecule has 14 nitrogen and oxygen atoms in total. The number of anilines is 2. The molecule has 9 rings (SSSR count). The van der Waals surface area contributed by atoms with Crippen molar-refractivity contribution < 1.29 is 33.6 Å². The molecule has 1 saturated heterocycles. The second-order valence-electron chi connectivity index (χ2n) is 16.5. The lowest BCUT2D eigenvalue weighted by Crippen LogP contribution is -2.48. The molecule has 4 aliphatic rings. The Morgan fingerprint density at radius 3 is 2.34 bits per heavy atom. The van der Waals surface area contributed by atoms with Crippen molar-refractivity contribution in [2.45, 2.75) is 57.3 Å². The summed E-state index contributed by atoms with van der Waals surface area (Å²) in [7, 11) is 0. The van der Waals surface area contributed by atoms with Crippen LogP contribution in [0.2, 0.25) is 0 Å². The van der Waals surface area contributed by atoms with Crippen LogP contribution in [0.4, 0.5) is 10.8 Å². The van der Waals surface area contributed by atoms with Crippen LogP contribution in [0.5, 0.6) is 0 Å². The van der Waals surface area contributed by atoms with Crippen molar-refractivity contribution >= 4 is 63.3 Å². The molecule has 2 atom stereocenters. The van der Waals surface area contributed by atoms with E-state index in [4.69, 9.17) is 0 Å². The number of rotatable bonds is 12. The highest BCUT2D eigenvalue weighted by Crippen LogP contribution is 2.35. The van der Waals surface area contributed by atoms with Crippen molar-refractivity contribution in [1.82, 2.24) is 24.6 Å². The lowest BCUT2D eigenvalue weighted by atomic mass is 9.92. The second-order valence-corrected chi connectivity index (χ2v) is 17.4. The van der Waals surface area contributed by atoms with E-state index < -0.39 is 29.7 Å². The highest BCUT2D eigenvalue weighted by Gasteiger charge is 2.45. The molecule has 5 aromatic rings. The first-order chi connectivity index (χ1) is 31.6. The molecule has 1 aromatic heterocycles. The number of carbonyl (C=O) groups is 7. The van der Waals surface area contributed by atoms with Gasteiger partial charge in [-0.15, -0.1) is 11.3 Å². The number of benzene rings is 4. The Bertz CT molecular complexity index is 2760. The number of hydrogen-bond acceptors (Lipinski definition) is 11. The lowest BCUT2D eigenvalue weighted by Gasteiger charge is -2.35. The molecule has 2 N–H and O–H groups in total. The van der Waals surface area contributed by atoms with Crippen molar-refractivity contribution in [3.63, 3.8) is 0 Å². The van der Waals surface area contributed by atoms with Gasteiger partial charge in [0.05, 0.1) is 23.6 Å². The molecule has 0 spiro atoms. The minimum absolute atomic E-state index is 0.0619. The van der Waals surface area contributed by atoms with Crippen LogP contribution in [-0.2, 0) is 32.3 Å². The van der Waals surface area contributed by atoms with E-state index in [-0.39, 0.29) is 53.9 Å². The topological polar surface area (TPSA) is 169 Å². The molecule has 2 fully saturated rings. The van der Waals surface area contributed by atoms with E-state index in [9.17, 15) is 33.6 Å². The average molecular weight is 888 g/mol. The van der Waals surface area contributed by atoms with E-state index in [1.807, 2.05) is 59.5 Å². The van der Waals surface area contributed by atoms with Gasteiger partial charge in [-0.05, 0) is 65.9 Å². The van der Waals surface area contributed by atoms with Gasteiger partial charge in [0.2, 0.25) is 5.91 Å². The van der Waals surface area contributed by atoms with Crippen molar-refractivity contribution in [3.8, 4) is 11.8 Å². The Hall–Kier alpha value is -7.28. The van der Waals surface area contributed by atoms with Crippen LogP contribution in [0, 0.1) is 11.8 Å². The van der Waals surface area contributed by atoms with Gasteiger partial charge in [0.25, 0.3) is 23.6 Å². The van der Waals surface area contributed by atoms with Gasteiger partial charge < -0.3 is 15.1 Å². The number of Topliss-reactive ketones (excluding diaryl/α,β-unsaturated/α-hetero) is 2. The quantitative estimate of drug-likeness (QED) is 0.0686. The molecule has 0 bridgehead atoms. The fraction of sp³-hybridized carbons (Fsp3) is 0.280. The molecular weight excluding hydrogens is 843 g/mol. The number of thiazole rings is 1. The van der Waals surface area contributed by atoms with Gasteiger partial charge in [0.1, 0.15) is 11.8 Å². The fourth-order valence-corrected chi connectivity index (χ4v) is 9.45. The van der Waals surface area contributed by atoms with Crippen molar-refractivity contribution in [3.05, 3.63) is 147 Å². The van der Waals surface area contributed by atoms with Gasteiger partial charge >= 0.3 is 0 Å². The van der Waals surface area contributed by atoms with E-state index in [1.54, 1.807) is 40.7 Å². The van der Waals surface area contributed by atoms with Crippen LogP contribution in [0.3, 0.4) is 0 Å². The van der Waals surface area contributed by atoms with Crippen LogP contribution in [-0.4, -0.2) is 104 Å². The Kier molecular flexibility index (Phi) is 12.5. The minimum atomic E-state index is -0.927. The summed E-state index contributed by atoms with van der Waals surface area (Å²) >= 11 is 1.32.